The highest BCUT2D eigenvalue weighted by Gasteiger charge is 2.81. The van der Waals surface area contributed by atoms with E-state index in [9.17, 15) is 44.3 Å². The second-order valence-electron chi connectivity index (χ2n) is 4.91. The molecule has 0 aromatic heterocycles. The number of unbranched alkanes of at least 4 members (excludes halogenated alkanes) is 3. The van der Waals surface area contributed by atoms with Crippen LogP contribution in [0.15, 0.2) is 0 Å². The van der Waals surface area contributed by atoms with E-state index in [1.54, 1.807) is 0 Å². The van der Waals surface area contributed by atoms with E-state index in [0.29, 0.717) is 12.8 Å². The van der Waals surface area contributed by atoms with Crippen LogP contribution in [-0.2, 0) is 4.74 Å². The largest absolute Gasteiger partial charge is 0.460 e. The molecule has 0 aliphatic heterocycles. The number of alkyl halides is 9. The van der Waals surface area contributed by atoms with Crippen LogP contribution in [0.2, 0.25) is 0 Å². The molecule has 144 valence electrons. The predicted octanol–water partition coefficient (Wildman–Crippen LogP) is 4.76. The summed E-state index contributed by atoms with van der Waals surface area (Å²) in [4.78, 5) is 11.0. The first-order chi connectivity index (χ1) is 10.7. The smallest absolute Gasteiger partial charge is 0.443 e. The average molecular weight is 377 g/mol. The number of ether oxygens (including phenoxy) is 1. The molecule has 0 saturated carbocycles. The van der Waals surface area contributed by atoms with Gasteiger partial charge < -0.3 is 10.1 Å². The fourth-order valence-electron chi connectivity index (χ4n) is 1.45. The van der Waals surface area contributed by atoms with E-state index in [4.69, 9.17) is 0 Å². The number of amides is 1. The Labute approximate surface area is 131 Å². The third-order valence-electron chi connectivity index (χ3n) is 2.89. The monoisotopic (exact) mass is 377 g/mol. The molecule has 0 aromatic carbocycles. The zero-order valence-corrected chi connectivity index (χ0v) is 12.5. The molecular weight excluding hydrogens is 361 g/mol. The summed E-state index contributed by atoms with van der Waals surface area (Å²) in [7, 11) is 0. The third kappa shape index (κ3) is 5.33. The number of nitrogens with one attached hydrogen (secondary N) is 1. The third-order valence-corrected chi connectivity index (χ3v) is 2.89. The van der Waals surface area contributed by atoms with Gasteiger partial charge in [0.25, 0.3) is 0 Å². The van der Waals surface area contributed by atoms with Gasteiger partial charge in [0.2, 0.25) is 0 Å². The van der Waals surface area contributed by atoms with Gasteiger partial charge in [0.1, 0.15) is 0 Å². The van der Waals surface area contributed by atoms with Crippen LogP contribution < -0.4 is 5.32 Å². The fraction of sp³-hybridized carbons (Fsp3) is 0.917. The van der Waals surface area contributed by atoms with Gasteiger partial charge in [-0.25, -0.2) is 4.79 Å². The van der Waals surface area contributed by atoms with Gasteiger partial charge in [0.15, 0.2) is 6.61 Å². The van der Waals surface area contributed by atoms with Crippen LogP contribution in [0, 0.1) is 0 Å². The molecule has 0 saturated heterocycles. The number of halogens is 9. The summed E-state index contributed by atoms with van der Waals surface area (Å²) in [6, 6.07) is 0. The number of alkyl carbamates (subject to hydrolysis) is 1. The maximum atomic E-state index is 13.0. The Morgan fingerprint density at radius 3 is 1.88 bits per heavy atom. The Balaban J connectivity index is 4.65. The van der Waals surface area contributed by atoms with Crippen LogP contribution in [0.5, 0.6) is 0 Å². The minimum Gasteiger partial charge on any atom is -0.443 e. The Bertz CT molecular complexity index is 410. The van der Waals surface area contributed by atoms with Crippen molar-refractivity contribution in [2.24, 2.45) is 0 Å². The molecule has 3 nitrogen and oxygen atoms in total. The molecule has 0 heterocycles. The van der Waals surface area contributed by atoms with Gasteiger partial charge in [-0.05, 0) is 6.42 Å². The minimum atomic E-state index is -7.00. The molecule has 0 spiro atoms. The lowest BCUT2D eigenvalue weighted by atomic mass is 10.0. The highest BCUT2D eigenvalue weighted by atomic mass is 19.4. The highest BCUT2D eigenvalue weighted by Crippen LogP contribution is 2.53. The van der Waals surface area contributed by atoms with Gasteiger partial charge in [0.05, 0.1) is 0 Å². The summed E-state index contributed by atoms with van der Waals surface area (Å²) in [6.45, 7) is -0.799. The number of rotatable bonds is 9. The maximum absolute atomic E-state index is 13.0. The van der Waals surface area contributed by atoms with Crippen molar-refractivity contribution in [1.29, 1.82) is 0 Å². The van der Waals surface area contributed by atoms with Crippen molar-refractivity contribution in [3.8, 4) is 0 Å². The first-order valence-corrected chi connectivity index (χ1v) is 6.81. The van der Waals surface area contributed by atoms with Gasteiger partial charge in [-0.15, -0.1) is 0 Å². The second kappa shape index (κ2) is 8.15. The lowest BCUT2D eigenvalue weighted by Gasteiger charge is -2.33. The van der Waals surface area contributed by atoms with Crippen molar-refractivity contribution >= 4 is 6.09 Å². The standard InChI is InChI=1S/C12H16F9NO2/c1-2-3-4-5-6-22-8(23)24-7-9(13,14)10(15,16)11(17,18)12(19,20)21/h2-7H2,1H3,(H,22,23). The molecule has 0 rings (SSSR count). The topological polar surface area (TPSA) is 38.3 Å². The van der Waals surface area contributed by atoms with Gasteiger partial charge in [0, 0.05) is 6.54 Å². The molecule has 1 amide bonds. The molecule has 0 fully saturated rings. The van der Waals surface area contributed by atoms with Crippen LogP contribution >= 0.6 is 0 Å². The molecule has 0 unspecified atom stereocenters. The van der Waals surface area contributed by atoms with Crippen LogP contribution in [0.3, 0.4) is 0 Å². The first-order valence-electron chi connectivity index (χ1n) is 6.81. The number of carbonyl (C=O) groups excluding carboxylic acids is 1. The van der Waals surface area contributed by atoms with Crippen molar-refractivity contribution in [2.45, 2.75) is 56.6 Å². The number of hydrogen-bond donors (Lipinski definition) is 1. The summed E-state index contributed by atoms with van der Waals surface area (Å²) in [5, 5.41) is 1.89. The van der Waals surface area contributed by atoms with Crippen LogP contribution in [0.1, 0.15) is 32.6 Å². The van der Waals surface area contributed by atoms with E-state index in [2.05, 4.69) is 4.74 Å². The molecule has 0 aliphatic carbocycles. The molecule has 0 radical (unpaired) electrons. The van der Waals surface area contributed by atoms with Crippen molar-refractivity contribution in [3.63, 3.8) is 0 Å². The quantitative estimate of drug-likeness (QED) is 0.465. The minimum absolute atomic E-state index is 0.0560. The normalized spacial score (nSPS) is 13.8. The summed E-state index contributed by atoms with van der Waals surface area (Å²) in [5.41, 5.74) is 0. The Hall–Kier alpha value is -1.36. The predicted molar refractivity (Wildman–Crippen MR) is 64.4 cm³/mol. The Kier molecular flexibility index (Phi) is 7.68. The van der Waals surface area contributed by atoms with Gasteiger partial charge in [-0.2, -0.15) is 39.5 Å². The number of hydrogen-bond acceptors (Lipinski definition) is 2. The maximum Gasteiger partial charge on any atom is 0.460 e. The van der Waals surface area contributed by atoms with E-state index >= 15 is 0 Å². The molecule has 0 aromatic rings. The van der Waals surface area contributed by atoms with Crippen molar-refractivity contribution in [3.05, 3.63) is 0 Å². The van der Waals surface area contributed by atoms with E-state index in [0.717, 1.165) is 12.8 Å². The van der Waals surface area contributed by atoms with E-state index in [1.807, 2.05) is 12.2 Å². The number of carbonyl (C=O) groups is 1. The van der Waals surface area contributed by atoms with E-state index in [1.165, 1.54) is 0 Å². The fourth-order valence-corrected chi connectivity index (χ4v) is 1.45. The molecule has 1 N–H and O–H groups in total. The summed E-state index contributed by atoms with van der Waals surface area (Å²) in [5.74, 6) is -19.7. The van der Waals surface area contributed by atoms with E-state index in [-0.39, 0.29) is 6.54 Å². The zero-order chi connectivity index (χ0) is 19.2. The average Bonchev–Trinajstić information content (AvgIpc) is 2.43. The van der Waals surface area contributed by atoms with Crippen molar-refractivity contribution < 1.29 is 49.0 Å². The van der Waals surface area contributed by atoms with Crippen LogP contribution in [-0.4, -0.2) is 43.2 Å². The summed E-state index contributed by atoms with van der Waals surface area (Å²) >= 11 is 0. The van der Waals surface area contributed by atoms with Gasteiger partial charge in [-0.3, -0.25) is 0 Å². The Morgan fingerprint density at radius 1 is 0.875 bits per heavy atom. The Morgan fingerprint density at radius 2 is 1.42 bits per heavy atom. The lowest BCUT2D eigenvalue weighted by Crippen LogP contribution is -2.62. The van der Waals surface area contributed by atoms with Crippen molar-refractivity contribution in [2.75, 3.05) is 13.2 Å². The van der Waals surface area contributed by atoms with Crippen LogP contribution in [0.25, 0.3) is 0 Å². The molecule has 12 heteroatoms. The van der Waals surface area contributed by atoms with E-state index < -0.39 is 36.6 Å². The molecule has 24 heavy (non-hydrogen) atoms. The highest BCUT2D eigenvalue weighted by molar-refractivity contribution is 5.67. The first kappa shape index (κ1) is 22.6. The molecule has 0 atom stereocenters. The lowest BCUT2D eigenvalue weighted by molar-refractivity contribution is -0.398. The SMILES string of the molecule is CCCCCCNC(=O)OCC(F)(F)C(F)(F)C(F)(F)C(F)(F)F. The van der Waals surface area contributed by atoms with Gasteiger partial charge in [-0.1, -0.05) is 26.2 Å². The second-order valence-corrected chi connectivity index (χ2v) is 4.91. The zero-order valence-electron chi connectivity index (χ0n) is 12.5. The van der Waals surface area contributed by atoms with Crippen molar-refractivity contribution in [1.82, 2.24) is 5.32 Å². The van der Waals surface area contributed by atoms with Crippen LogP contribution in [0.4, 0.5) is 44.3 Å². The summed E-state index contributed by atoms with van der Waals surface area (Å²) < 4.78 is 116. The molecule has 0 bridgehead atoms. The summed E-state index contributed by atoms with van der Waals surface area (Å²) in [6.07, 6.45) is -5.77. The van der Waals surface area contributed by atoms with Gasteiger partial charge >= 0.3 is 30.0 Å². The molecular formula is C12H16F9NO2. The molecule has 0 aliphatic rings.